The van der Waals surface area contributed by atoms with Gasteiger partial charge in [0.05, 0.1) is 11.8 Å². The Morgan fingerprint density at radius 2 is 1.94 bits per heavy atom. The fourth-order valence-electron chi connectivity index (χ4n) is 1.75. The van der Waals surface area contributed by atoms with E-state index in [1.807, 2.05) is 24.3 Å². The van der Waals surface area contributed by atoms with Crippen LogP contribution in [0.4, 0.5) is 0 Å². The number of carbonyl (C=O) groups is 1. The minimum Gasteiger partial charge on any atom is -0.469 e. The maximum Gasteiger partial charge on any atom is 0.257 e. The maximum atomic E-state index is 12.1. The largest absolute Gasteiger partial charge is 0.469 e. The molecule has 0 aliphatic heterocycles. The van der Waals surface area contributed by atoms with Crippen LogP contribution in [0.15, 0.2) is 41.0 Å². The van der Waals surface area contributed by atoms with Crippen LogP contribution < -0.4 is 0 Å². The lowest BCUT2D eigenvalue weighted by Crippen LogP contribution is -2.26. The second-order valence-corrected chi connectivity index (χ2v) is 4.61. The lowest BCUT2D eigenvalue weighted by molar-refractivity contribution is 0.0783. The van der Waals surface area contributed by atoms with Crippen molar-refractivity contribution in [2.75, 3.05) is 7.05 Å². The number of aryl methyl sites for hydroxylation is 1. The predicted octanol–water partition coefficient (Wildman–Crippen LogP) is 3.51. The summed E-state index contributed by atoms with van der Waals surface area (Å²) in [6.45, 7) is 2.32. The number of carbonyl (C=O) groups excluding carboxylic acids is 1. The summed E-state index contributed by atoms with van der Waals surface area (Å²) in [7, 11) is 1.77. The van der Waals surface area contributed by atoms with E-state index in [1.54, 1.807) is 24.9 Å². The number of hydrogen-bond donors (Lipinski definition) is 0. The van der Waals surface area contributed by atoms with Crippen molar-refractivity contribution in [2.24, 2.45) is 0 Å². The third kappa shape index (κ3) is 2.74. The van der Waals surface area contributed by atoms with Crippen LogP contribution in [-0.4, -0.2) is 17.9 Å². The Balaban J connectivity index is 2.08. The second kappa shape index (κ2) is 5.27. The SMILES string of the molecule is Cc1occc1C(=O)N(C)Cc1ccc(Cl)cc1. The first kappa shape index (κ1) is 12.7. The molecule has 1 aromatic heterocycles. The first-order chi connectivity index (χ1) is 8.58. The van der Waals surface area contributed by atoms with Gasteiger partial charge in [0.1, 0.15) is 5.76 Å². The molecule has 0 unspecified atom stereocenters. The van der Waals surface area contributed by atoms with Gasteiger partial charge in [-0.3, -0.25) is 4.79 Å². The molecule has 1 heterocycles. The summed E-state index contributed by atoms with van der Waals surface area (Å²) in [5.41, 5.74) is 1.64. The van der Waals surface area contributed by atoms with Crippen molar-refractivity contribution >= 4 is 17.5 Å². The van der Waals surface area contributed by atoms with Crippen LogP contribution in [0.3, 0.4) is 0 Å². The third-order valence-electron chi connectivity index (χ3n) is 2.77. The van der Waals surface area contributed by atoms with Gasteiger partial charge in [-0.1, -0.05) is 23.7 Å². The van der Waals surface area contributed by atoms with Crippen LogP contribution in [-0.2, 0) is 6.54 Å². The minimum atomic E-state index is -0.0452. The van der Waals surface area contributed by atoms with E-state index in [0.29, 0.717) is 22.9 Å². The Labute approximate surface area is 111 Å². The molecule has 18 heavy (non-hydrogen) atoms. The van der Waals surface area contributed by atoms with Gasteiger partial charge in [-0.25, -0.2) is 0 Å². The van der Waals surface area contributed by atoms with Gasteiger partial charge < -0.3 is 9.32 Å². The fraction of sp³-hybridized carbons (Fsp3) is 0.214. The first-order valence-corrected chi connectivity index (χ1v) is 5.99. The summed E-state index contributed by atoms with van der Waals surface area (Å²) in [5, 5.41) is 0.693. The zero-order valence-corrected chi connectivity index (χ0v) is 11.1. The second-order valence-electron chi connectivity index (χ2n) is 4.18. The van der Waals surface area contributed by atoms with Crippen LogP contribution in [0.2, 0.25) is 5.02 Å². The van der Waals surface area contributed by atoms with Gasteiger partial charge in [0.2, 0.25) is 0 Å². The molecule has 0 fully saturated rings. The highest BCUT2D eigenvalue weighted by Crippen LogP contribution is 2.15. The fourth-order valence-corrected chi connectivity index (χ4v) is 1.87. The van der Waals surface area contributed by atoms with E-state index in [1.165, 1.54) is 6.26 Å². The summed E-state index contributed by atoms with van der Waals surface area (Å²) >= 11 is 5.82. The van der Waals surface area contributed by atoms with Crippen LogP contribution in [0.5, 0.6) is 0 Å². The van der Waals surface area contributed by atoms with Gasteiger partial charge in [-0.2, -0.15) is 0 Å². The molecular weight excluding hydrogens is 250 g/mol. The Morgan fingerprint density at radius 3 is 2.50 bits per heavy atom. The summed E-state index contributed by atoms with van der Waals surface area (Å²) in [5.74, 6) is 0.596. The number of furan rings is 1. The van der Waals surface area contributed by atoms with E-state index in [2.05, 4.69) is 0 Å². The lowest BCUT2D eigenvalue weighted by atomic mass is 10.2. The first-order valence-electron chi connectivity index (χ1n) is 5.62. The summed E-state index contributed by atoms with van der Waals surface area (Å²) in [6.07, 6.45) is 1.53. The van der Waals surface area contributed by atoms with Crippen LogP contribution in [0.25, 0.3) is 0 Å². The Bertz CT molecular complexity index is 545. The molecule has 1 amide bonds. The van der Waals surface area contributed by atoms with Crippen molar-refractivity contribution in [2.45, 2.75) is 13.5 Å². The van der Waals surface area contributed by atoms with Gasteiger partial charge in [0, 0.05) is 18.6 Å². The average Bonchev–Trinajstić information content (AvgIpc) is 2.77. The minimum absolute atomic E-state index is 0.0452. The smallest absolute Gasteiger partial charge is 0.257 e. The van der Waals surface area contributed by atoms with E-state index in [4.69, 9.17) is 16.0 Å². The standard InChI is InChI=1S/C14H14ClNO2/c1-10-13(7-8-18-10)14(17)16(2)9-11-3-5-12(15)6-4-11/h3-8H,9H2,1-2H3. The van der Waals surface area contributed by atoms with Crippen LogP contribution in [0.1, 0.15) is 21.7 Å². The van der Waals surface area contributed by atoms with E-state index < -0.39 is 0 Å². The normalized spacial score (nSPS) is 10.4. The molecule has 0 aliphatic carbocycles. The van der Waals surface area contributed by atoms with Crippen molar-refractivity contribution in [3.63, 3.8) is 0 Å². The molecule has 0 atom stereocenters. The number of hydrogen-bond acceptors (Lipinski definition) is 2. The van der Waals surface area contributed by atoms with Crippen LogP contribution >= 0.6 is 11.6 Å². The molecule has 4 heteroatoms. The van der Waals surface area contributed by atoms with Gasteiger partial charge >= 0.3 is 0 Å². The van der Waals surface area contributed by atoms with Crippen molar-refractivity contribution in [1.82, 2.24) is 4.90 Å². The molecule has 0 radical (unpaired) electrons. The summed E-state index contributed by atoms with van der Waals surface area (Å²) < 4.78 is 5.14. The Hall–Kier alpha value is -1.74. The van der Waals surface area contributed by atoms with Crippen molar-refractivity contribution in [3.05, 3.63) is 58.5 Å². The molecule has 1 aromatic carbocycles. The topological polar surface area (TPSA) is 33.5 Å². The molecule has 0 saturated heterocycles. The molecule has 2 aromatic rings. The van der Waals surface area contributed by atoms with Crippen molar-refractivity contribution < 1.29 is 9.21 Å². The van der Waals surface area contributed by atoms with Gasteiger partial charge in [0.25, 0.3) is 5.91 Å². The van der Waals surface area contributed by atoms with E-state index in [0.717, 1.165) is 5.56 Å². The third-order valence-corrected chi connectivity index (χ3v) is 3.02. The Kier molecular flexibility index (Phi) is 3.72. The zero-order chi connectivity index (χ0) is 13.1. The molecule has 3 nitrogen and oxygen atoms in total. The molecule has 0 bridgehead atoms. The van der Waals surface area contributed by atoms with E-state index in [-0.39, 0.29) is 5.91 Å². The van der Waals surface area contributed by atoms with E-state index in [9.17, 15) is 4.79 Å². The molecule has 0 spiro atoms. The highest BCUT2D eigenvalue weighted by molar-refractivity contribution is 6.30. The number of halogens is 1. The van der Waals surface area contributed by atoms with Gasteiger partial charge in [-0.05, 0) is 30.7 Å². The quantitative estimate of drug-likeness (QED) is 0.849. The number of rotatable bonds is 3. The highest BCUT2D eigenvalue weighted by Gasteiger charge is 2.16. The Morgan fingerprint density at radius 1 is 1.28 bits per heavy atom. The molecule has 0 aliphatic rings. The van der Waals surface area contributed by atoms with Crippen molar-refractivity contribution in [3.8, 4) is 0 Å². The maximum absolute atomic E-state index is 12.1. The van der Waals surface area contributed by atoms with Gasteiger partial charge in [-0.15, -0.1) is 0 Å². The molecule has 0 saturated carbocycles. The van der Waals surface area contributed by atoms with Gasteiger partial charge in [0.15, 0.2) is 0 Å². The average molecular weight is 264 g/mol. The molecule has 2 rings (SSSR count). The highest BCUT2D eigenvalue weighted by atomic mass is 35.5. The predicted molar refractivity (Wildman–Crippen MR) is 70.7 cm³/mol. The lowest BCUT2D eigenvalue weighted by Gasteiger charge is -2.16. The molecular formula is C14H14ClNO2. The molecule has 94 valence electrons. The summed E-state index contributed by atoms with van der Waals surface area (Å²) in [4.78, 5) is 13.8. The number of benzene rings is 1. The van der Waals surface area contributed by atoms with Crippen molar-refractivity contribution in [1.29, 1.82) is 0 Å². The molecule has 0 N–H and O–H groups in total. The van der Waals surface area contributed by atoms with Crippen LogP contribution in [0, 0.1) is 6.92 Å². The summed E-state index contributed by atoms with van der Waals surface area (Å²) in [6, 6.07) is 9.15. The monoisotopic (exact) mass is 263 g/mol. The number of nitrogens with zero attached hydrogens (tertiary/aromatic N) is 1. The number of amides is 1. The van der Waals surface area contributed by atoms with E-state index >= 15 is 0 Å². The zero-order valence-electron chi connectivity index (χ0n) is 10.3.